The van der Waals surface area contributed by atoms with Crippen molar-refractivity contribution in [2.45, 2.75) is 19.8 Å². The van der Waals surface area contributed by atoms with Gasteiger partial charge in [-0.3, -0.25) is 4.57 Å². The van der Waals surface area contributed by atoms with Gasteiger partial charge in [0.25, 0.3) is 0 Å². The average molecular weight is 364 g/mol. The Morgan fingerprint density at radius 2 is 1.90 bits per heavy atom. The molecule has 0 unspecified atom stereocenters. The lowest BCUT2D eigenvalue weighted by Gasteiger charge is -2.09. The van der Waals surface area contributed by atoms with Gasteiger partial charge in [-0.15, -0.1) is 11.6 Å². The zero-order valence-corrected chi connectivity index (χ0v) is 14.2. The van der Waals surface area contributed by atoms with Gasteiger partial charge in [0, 0.05) is 22.5 Å². The van der Waals surface area contributed by atoms with Crippen LogP contribution in [0.1, 0.15) is 18.3 Å². The summed E-state index contributed by atoms with van der Waals surface area (Å²) in [5.74, 6) is 1.57. The van der Waals surface area contributed by atoms with Gasteiger partial charge in [0.05, 0.1) is 11.0 Å². The summed E-state index contributed by atoms with van der Waals surface area (Å²) >= 11 is 9.48. The number of alkyl halides is 1. The van der Waals surface area contributed by atoms with E-state index in [1.807, 2.05) is 12.1 Å². The fourth-order valence-electron chi connectivity index (χ4n) is 2.52. The lowest BCUT2D eigenvalue weighted by molar-refractivity contribution is 0.911. The van der Waals surface area contributed by atoms with E-state index < -0.39 is 0 Å². The predicted molar refractivity (Wildman–Crippen MR) is 92.6 cm³/mol. The molecule has 3 rings (SSSR count). The van der Waals surface area contributed by atoms with Crippen LogP contribution in [0.4, 0.5) is 0 Å². The van der Waals surface area contributed by atoms with Crippen LogP contribution in [0.15, 0.2) is 46.9 Å². The summed E-state index contributed by atoms with van der Waals surface area (Å²) in [6.07, 6.45) is 1.80. The molecule has 0 aliphatic carbocycles. The number of rotatable bonds is 4. The predicted octanol–water partition coefficient (Wildman–Crippen LogP) is 5.13. The number of nitrogens with zero attached hydrogens (tertiary/aromatic N) is 2. The monoisotopic (exact) mass is 362 g/mol. The highest BCUT2D eigenvalue weighted by molar-refractivity contribution is 9.10. The van der Waals surface area contributed by atoms with E-state index in [1.165, 1.54) is 5.56 Å². The fourth-order valence-corrected chi connectivity index (χ4v) is 3.04. The minimum absolute atomic E-state index is 0.567. The first-order valence-corrected chi connectivity index (χ1v) is 8.38. The molecule has 108 valence electrons. The highest BCUT2D eigenvalue weighted by Gasteiger charge is 2.12. The van der Waals surface area contributed by atoms with Crippen molar-refractivity contribution in [1.82, 2.24) is 9.55 Å². The number of aryl methyl sites for hydroxylation is 2. The Hall–Kier alpha value is -1.32. The van der Waals surface area contributed by atoms with Crippen LogP contribution >= 0.6 is 27.5 Å². The highest BCUT2D eigenvalue weighted by Crippen LogP contribution is 2.25. The molecule has 0 radical (unpaired) electrons. The van der Waals surface area contributed by atoms with E-state index >= 15 is 0 Å². The first-order chi connectivity index (χ1) is 10.2. The third-order valence-corrected chi connectivity index (χ3v) is 4.29. The molecule has 1 heterocycles. The lowest BCUT2D eigenvalue weighted by Crippen LogP contribution is -2.02. The molecule has 0 spiro atoms. The van der Waals surface area contributed by atoms with Crippen LogP contribution in [-0.4, -0.2) is 15.4 Å². The van der Waals surface area contributed by atoms with E-state index in [4.69, 9.17) is 16.6 Å². The van der Waals surface area contributed by atoms with Gasteiger partial charge >= 0.3 is 0 Å². The quantitative estimate of drug-likeness (QED) is 0.587. The molecule has 21 heavy (non-hydrogen) atoms. The van der Waals surface area contributed by atoms with Crippen LogP contribution in [0.2, 0.25) is 0 Å². The number of imidazole rings is 1. The normalized spacial score (nSPS) is 11.2. The van der Waals surface area contributed by atoms with E-state index in [0.29, 0.717) is 5.88 Å². The van der Waals surface area contributed by atoms with Crippen molar-refractivity contribution in [2.75, 3.05) is 5.88 Å². The number of hydrogen-bond acceptors (Lipinski definition) is 1. The second kappa shape index (κ2) is 6.20. The molecule has 2 nitrogen and oxygen atoms in total. The summed E-state index contributed by atoms with van der Waals surface area (Å²) < 4.78 is 3.25. The van der Waals surface area contributed by atoms with Crippen LogP contribution in [0, 0.1) is 0 Å². The Kier molecular flexibility index (Phi) is 4.32. The summed E-state index contributed by atoms with van der Waals surface area (Å²) in [6, 6.07) is 14.8. The molecular formula is C17H16BrClN2. The van der Waals surface area contributed by atoms with Crippen molar-refractivity contribution >= 4 is 38.6 Å². The summed E-state index contributed by atoms with van der Waals surface area (Å²) in [5.41, 5.74) is 4.57. The van der Waals surface area contributed by atoms with Crippen molar-refractivity contribution in [3.8, 4) is 5.69 Å². The van der Waals surface area contributed by atoms with Gasteiger partial charge in [0.15, 0.2) is 0 Å². The summed E-state index contributed by atoms with van der Waals surface area (Å²) in [7, 11) is 0. The van der Waals surface area contributed by atoms with Crippen molar-refractivity contribution in [2.24, 2.45) is 0 Å². The Balaban J connectivity index is 2.21. The van der Waals surface area contributed by atoms with E-state index in [0.717, 1.165) is 39.9 Å². The van der Waals surface area contributed by atoms with Crippen LogP contribution in [0.25, 0.3) is 16.7 Å². The second-order valence-corrected chi connectivity index (χ2v) is 6.25. The van der Waals surface area contributed by atoms with Gasteiger partial charge in [-0.2, -0.15) is 0 Å². The van der Waals surface area contributed by atoms with Crippen molar-refractivity contribution in [1.29, 1.82) is 0 Å². The molecule has 0 fully saturated rings. The third kappa shape index (κ3) is 2.85. The lowest BCUT2D eigenvalue weighted by atomic mass is 10.1. The Bertz CT molecular complexity index is 762. The molecule has 0 saturated heterocycles. The van der Waals surface area contributed by atoms with Crippen LogP contribution < -0.4 is 0 Å². The number of halogens is 2. The van der Waals surface area contributed by atoms with Gasteiger partial charge in [0.2, 0.25) is 0 Å². The van der Waals surface area contributed by atoms with E-state index in [-0.39, 0.29) is 0 Å². The number of benzene rings is 2. The van der Waals surface area contributed by atoms with E-state index in [2.05, 4.69) is 57.8 Å². The van der Waals surface area contributed by atoms with Crippen molar-refractivity contribution in [3.63, 3.8) is 0 Å². The van der Waals surface area contributed by atoms with E-state index in [1.54, 1.807) is 0 Å². The minimum atomic E-state index is 0.567. The average Bonchev–Trinajstić information content (AvgIpc) is 2.85. The zero-order valence-electron chi connectivity index (χ0n) is 11.8. The van der Waals surface area contributed by atoms with Gasteiger partial charge in [0.1, 0.15) is 5.82 Å². The summed E-state index contributed by atoms with van der Waals surface area (Å²) in [4.78, 5) is 4.72. The molecular weight excluding hydrogens is 348 g/mol. The maximum atomic E-state index is 5.94. The van der Waals surface area contributed by atoms with Crippen LogP contribution in [-0.2, 0) is 12.8 Å². The molecule has 0 bridgehead atoms. The third-order valence-electron chi connectivity index (χ3n) is 3.61. The second-order valence-electron chi connectivity index (χ2n) is 4.96. The highest BCUT2D eigenvalue weighted by atomic mass is 79.9. The maximum absolute atomic E-state index is 5.94. The van der Waals surface area contributed by atoms with Gasteiger partial charge in [-0.25, -0.2) is 4.98 Å². The van der Waals surface area contributed by atoms with Gasteiger partial charge < -0.3 is 0 Å². The first-order valence-electron chi connectivity index (χ1n) is 7.05. The summed E-state index contributed by atoms with van der Waals surface area (Å²) in [6.45, 7) is 2.16. The van der Waals surface area contributed by atoms with Gasteiger partial charge in [-0.1, -0.05) is 35.0 Å². The zero-order chi connectivity index (χ0) is 14.8. The molecule has 0 aliphatic heterocycles. The Labute approximate surface area is 137 Å². The molecule has 0 N–H and O–H groups in total. The molecule has 3 aromatic rings. The van der Waals surface area contributed by atoms with Gasteiger partial charge in [-0.05, 0) is 42.3 Å². The molecule has 0 amide bonds. The van der Waals surface area contributed by atoms with E-state index in [9.17, 15) is 0 Å². The summed E-state index contributed by atoms with van der Waals surface area (Å²) in [5, 5.41) is 0. The van der Waals surface area contributed by atoms with Crippen LogP contribution in [0.3, 0.4) is 0 Å². The molecule has 4 heteroatoms. The standard InChI is InChI=1S/C17H16BrClN2/c1-2-12-3-6-14(7-4-12)21-16-11-13(18)5-8-15(16)20-17(21)9-10-19/h3-8,11H,2,9-10H2,1H3. The molecule has 1 aromatic heterocycles. The molecule has 2 aromatic carbocycles. The molecule has 0 saturated carbocycles. The number of aromatic nitrogens is 2. The molecule has 0 aliphatic rings. The fraction of sp³-hybridized carbons (Fsp3) is 0.235. The topological polar surface area (TPSA) is 17.8 Å². The largest absolute Gasteiger partial charge is 0.296 e. The number of hydrogen-bond donors (Lipinski definition) is 0. The SMILES string of the molecule is CCc1ccc(-n2c(CCCl)nc3ccc(Br)cc32)cc1. The van der Waals surface area contributed by atoms with Crippen LogP contribution in [0.5, 0.6) is 0 Å². The minimum Gasteiger partial charge on any atom is -0.296 e. The van der Waals surface area contributed by atoms with Crippen molar-refractivity contribution < 1.29 is 0 Å². The first kappa shape index (κ1) is 14.6. The van der Waals surface area contributed by atoms with Crippen molar-refractivity contribution in [3.05, 3.63) is 58.3 Å². The smallest absolute Gasteiger partial charge is 0.115 e. The Morgan fingerprint density at radius 1 is 1.14 bits per heavy atom. The molecule has 0 atom stereocenters. The number of fused-ring (bicyclic) bond motifs is 1. The maximum Gasteiger partial charge on any atom is 0.115 e. The Morgan fingerprint density at radius 3 is 2.57 bits per heavy atom.